The number of amides is 1. The summed E-state index contributed by atoms with van der Waals surface area (Å²) < 4.78 is 5.45. The number of hydrogen-bond acceptors (Lipinski definition) is 3. The van der Waals surface area contributed by atoms with E-state index in [1.807, 2.05) is 64.1 Å². The Labute approximate surface area is 137 Å². The maximum absolute atomic E-state index is 12.6. The Morgan fingerprint density at radius 1 is 1.22 bits per heavy atom. The standard InChI is InChI=1S/C19H24N2O2/c1-5-23-12-17-11-18(15(4)20-14(17)3)19(22)21-13(2)16-9-7-6-8-10-16/h6-11,13H,5,12H2,1-4H3,(H,21,22). The van der Waals surface area contributed by atoms with Gasteiger partial charge in [0.2, 0.25) is 0 Å². The van der Waals surface area contributed by atoms with Gasteiger partial charge in [0.25, 0.3) is 5.91 Å². The predicted molar refractivity (Wildman–Crippen MR) is 91.4 cm³/mol. The van der Waals surface area contributed by atoms with Crippen molar-refractivity contribution in [3.8, 4) is 0 Å². The van der Waals surface area contributed by atoms with E-state index in [-0.39, 0.29) is 11.9 Å². The topological polar surface area (TPSA) is 51.2 Å². The van der Waals surface area contributed by atoms with Crippen LogP contribution >= 0.6 is 0 Å². The van der Waals surface area contributed by atoms with Crippen molar-refractivity contribution in [3.05, 3.63) is 64.5 Å². The Morgan fingerprint density at radius 2 is 1.91 bits per heavy atom. The van der Waals surface area contributed by atoms with E-state index in [2.05, 4.69) is 10.3 Å². The molecule has 0 aliphatic rings. The van der Waals surface area contributed by atoms with Crippen LogP contribution in [0, 0.1) is 13.8 Å². The normalized spacial score (nSPS) is 12.0. The Morgan fingerprint density at radius 3 is 2.57 bits per heavy atom. The van der Waals surface area contributed by atoms with Crippen molar-refractivity contribution in [2.75, 3.05) is 6.61 Å². The van der Waals surface area contributed by atoms with Crippen molar-refractivity contribution < 1.29 is 9.53 Å². The van der Waals surface area contributed by atoms with Crippen LogP contribution in [-0.2, 0) is 11.3 Å². The van der Waals surface area contributed by atoms with E-state index in [4.69, 9.17) is 4.74 Å². The number of carbonyl (C=O) groups excluding carboxylic acids is 1. The van der Waals surface area contributed by atoms with Crippen LogP contribution in [0.2, 0.25) is 0 Å². The quantitative estimate of drug-likeness (QED) is 0.884. The molecule has 2 aromatic rings. The number of ether oxygens (including phenoxy) is 1. The molecule has 122 valence electrons. The molecule has 0 aliphatic carbocycles. The van der Waals surface area contributed by atoms with Gasteiger partial charge in [-0.2, -0.15) is 0 Å². The second kappa shape index (κ2) is 7.88. The highest BCUT2D eigenvalue weighted by Crippen LogP contribution is 2.16. The molecular weight excluding hydrogens is 288 g/mol. The summed E-state index contributed by atoms with van der Waals surface area (Å²) in [6.45, 7) is 8.84. The van der Waals surface area contributed by atoms with Crippen molar-refractivity contribution in [1.29, 1.82) is 0 Å². The first-order valence-electron chi connectivity index (χ1n) is 7.93. The number of nitrogens with one attached hydrogen (secondary N) is 1. The third kappa shape index (κ3) is 4.39. The highest BCUT2D eigenvalue weighted by molar-refractivity contribution is 5.95. The van der Waals surface area contributed by atoms with Crippen LogP contribution in [0.15, 0.2) is 36.4 Å². The van der Waals surface area contributed by atoms with Gasteiger partial charge < -0.3 is 10.1 Å². The monoisotopic (exact) mass is 312 g/mol. The molecule has 0 bridgehead atoms. The minimum absolute atomic E-state index is 0.0558. The minimum atomic E-state index is -0.107. The molecule has 0 spiro atoms. The number of carbonyl (C=O) groups is 1. The molecule has 1 atom stereocenters. The number of pyridine rings is 1. The number of nitrogens with zero attached hydrogens (tertiary/aromatic N) is 1. The van der Waals surface area contributed by atoms with Gasteiger partial charge in [0.15, 0.2) is 0 Å². The molecule has 1 N–H and O–H groups in total. The molecule has 0 saturated heterocycles. The van der Waals surface area contributed by atoms with Gasteiger partial charge in [0, 0.05) is 12.3 Å². The Hall–Kier alpha value is -2.20. The fraction of sp³-hybridized carbons (Fsp3) is 0.368. The largest absolute Gasteiger partial charge is 0.377 e. The summed E-state index contributed by atoms with van der Waals surface area (Å²) in [6.07, 6.45) is 0. The summed E-state index contributed by atoms with van der Waals surface area (Å²) in [5, 5.41) is 3.04. The van der Waals surface area contributed by atoms with Crippen molar-refractivity contribution in [3.63, 3.8) is 0 Å². The van der Waals surface area contributed by atoms with Crippen molar-refractivity contribution >= 4 is 5.91 Å². The average Bonchev–Trinajstić information content (AvgIpc) is 2.54. The molecule has 1 amide bonds. The van der Waals surface area contributed by atoms with Gasteiger partial charge in [-0.3, -0.25) is 9.78 Å². The highest BCUT2D eigenvalue weighted by Gasteiger charge is 2.16. The molecule has 2 rings (SSSR count). The smallest absolute Gasteiger partial charge is 0.253 e. The third-order valence-electron chi connectivity index (χ3n) is 3.86. The summed E-state index contributed by atoms with van der Waals surface area (Å²) in [6, 6.07) is 11.7. The Kier molecular flexibility index (Phi) is 5.88. The number of benzene rings is 1. The molecule has 0 fully saturated rings. The first-order chi connectivity index (χ1) is 11.0. The second-order valence-electron chi connectivity index (χ2n) is 5.61. The van der Waals surface area contributed by atoms with Crippen molar-refractivity contribution in [2.45, 2.75) is 40.3 Å². The van der Waals surface area contributed by atoms with E-state index in [9.17, 15) is 4.79 Å². The lowest BCUT2D eigenvalue weighted by atomic mass is 10.1. The highest BCUT2D eigenvalue weighted by atomic mass is 16.5. The van der Waals surface area contributed by atoms with Crippen LogP contribution in [0.1, 0.15) is 52.8 Å². The lowest BCUT2D eigenvalue weighted by Gasteiger charge is -2.16. The summed E-state index contributed by atoms with van der Waals surface area (Å²) >= 11 is 0. The van der Waals surface area contributed by atoms with Gasteiger partial charge >= 0.3 is 0 Å². The lowest BCUT2D eigenvalue weighted by molar-refractivity contribution is 0.0938. The molecule has 1 aromatic carbocycles. The molecule has 23 heavy (non-hydrogen) atoms. The molecule has 1 heterocycles. The van der Waals surface area contributed by atoms with Crippen LogP contribution in [0.25, 0.3) is 0 Å². The number of aromatic nitrogens is 1. The summed E-state index contributed by atoms with van der Waals surface area (Å²) in [5.41, 5.74) is 4.28. The molecule has 0 saturated carbocycles. The molecule has 1 unspecified atom stereocenters. The minimum Gasteiger partial charge on any atom is -0.377 e. The van der Waals surface area contributed by atoms with E-state index < -0.39 is 0 Å². The van der Waals surface area contributed by atoms with Gasteiger partial charge in [0.05, 0.1) is 23.9 Å². The molecular formula is C19H24N2O2. The van der Waals surface area contributed by atoms with Gasteiger partial charge in [-0.1, -0.05) is 30.3 Å². The number of hydrogen-bond donors (Lipinski definition) is 1. The second-order valence-corrected chi connectivity index (χ2v) is 5.61. The van der Waals surface area contributed by atoms with Crippen LogP contribution in [-0.4, -0.2) is 17.5 Å². The van der Waals surface area contributed by atoms with Gasteiger partial charge in [0.1, 0.15) is 0 Å². The Balaban J connectivity index is 2.18. The summed E-state index contributed by atoms with van der Waals surface area (Å²) in [4.78, 5) is 17.1. The maximum atomic E-state index is 12.6. The zero-order chi connectivity index (χ0) is 16.8. The van der Waals surface area contributed by atoms with Crippen molar-refractivity contribution in [2.24, 2.45) is 0 Å². The number of aryl methyl sites for hydroxylation is 2. The zero-order valence-electron chi connectivity index (χ0n) is 14.2. The van der Waals surface area contributed by atoms with E-state index in [0.29, 0.717) is 18.8 Å². The number of rotatable bonds is 6. The van der Waals surface area contributed by atoms with E-state index >= 15 is 0 Å². The van der Waals surface area contributed by atoms with E-state index in [1.165, 1.54) is 0 Å². The molecule has 1 aromatic heterocycles. The SMILES string of the molecule is CCOCc1cc(C(=O)NC(C)c2ccccc2)c(C)nc1C. The van der Waals surface area contributed by atoms with Crippen molar-refractivity contribution in [1.82, 2.24) is 10.3 Å². The van der Waals surface area contributed by atoms with Gasteiger partial charge in [-0.05, 0) is 44.9 Å². The first kappa shape index (κ1) is 17.2. The lowest BCUT2D eigenvalue weighted by Crippen LogP contribution is -2.27. The fourth-order valence-corrected chi connectivity index (χ4v) is 2.45. The molecule has 4 heteroatoms. The van der Waals surface area contributed by atoms with Gasteiger partial charge in [-0.25, -0.2) is 0 Å². The molecule has 4 nitrogen and oxygen atoms in total. The molecule has 0 aliphatic heterocycles. The Bertz CT molecular complexity index is 669. The zero-order valence-corrected chi connectivity index (χ0v) is 14.2. The first-order valence-corrected chi connectivity index (χ1v) is 7.93. The third-order valence-corrected chi connectivity index (χ3v) is 3.86. The van der Waals surface area contributed by atoms with Crippen LogP contribution in [0.3, 0.4) is 0 Å². The summed E-state index contributed by atoms with van der Waals surface area (Å²) in [5.74, 6) is -0.107. The van der Waals surface area contributed by atoms with Gasteiger partial charge in [-0.15, -0.1) is 0 Å². The predicted octanol–water partition coefficient (Wildman–Crippen LogP) is 3.73. The van der Waals surface area contributed by atoms with E-state index in [1.54, 1.807) is 0 Å². The van der Waals surface area contributed by atoms with Crippen LogP contribution < -0.4 is 5.32 Å². The van der Waals surface area contributed by atoms with Crippen LogP contribution in [0.5, 0.6) is 0 Å². The maximum Gasteiger partial charge on any atom is 0.253 e. The fourth-order valence-electron chi connectivity index (χ4n) is 2.45. The summed E-state index contributed by atoms with van der Waals surface area (Å²) in [7, 11) is 0. The van der Waals surface area contributed by atoms with E-state index in [0.717, 1.165) is 22.5 Å². The molecule has 0 radical (unpaired) electrons. The average molecular weight is 312 g/mol. The van der Waals surface area contributed by atoms with Crippen LogP contribution in [0.4, 0.5) is 0 Å².